The van der Waals surface area contributed by atoms with Gasteiger partial charge in [0.2, 0.25) is 0 Å². The van der Waals surface area contributed by atoms with E-state index in [1.165, 1.54) is 0 Å². The number of hydrogen-bond acceptors (Lipinski definition) is 5. The smallest absolute Gasteiger partial charge is 0.339 e. The topological polar surface area (TPSA) is 65.0 Å². The van der Waals surface area contributed by atoms with Crippen molar-refractivity contribution in [2.75, 3.05) is 19.8 Å². The van der Waals surface area contributed by atoms with Crippen LogP contribution < -0.4 is 0 Å². The maximum atomic E-state index is 13.7. The minimum absolute atomic E-state index is 0.288. The van der Waals surface area contributed by atoms with E-state index in [2.05, 4.69) is 26.6 Å². The van der Waals surface area contributed by atoms with Gasteiger partial charge in [0.25, 0.3) is 0 Å². The molecular formula is C16H37O5PSi. The van der Waals surface area contributed by atoms with Gasteiger partial charge in [-0.15, -0.1) is 0 Å². The zero-order valence-electron chi connectivity index (χ0n) is 16.1. The van der Waals surface area contributed by atoms with Gasteiger partial charge in [0.1, 0.15) is 4.78 Å². The van der Waals surface area contributed by atoms with E-state index in [0.717, 1.165) is 19.3 Å². The lowest BCUT2D eigenvalue weighted by Crippen LogP contribution is -2.61. The van der Waals surface area contributed by atoms with Gasteiger partial charge in [0.05, 0.1) is 21.3 Å². The van der Waals surface area contributed by atoms with Crippen molar-refractivity contribution >= 4 is 15.7 Å². The highest BCUT2D eigenvalue weighted by Crippen LogP contribution is 2.66. The van der Waals surface area contributed by atoms with Crippen molar-refractivity contribution < 1.29 is 23.5 Å². The fraction of sp³-hybridized carbons (Fsp3) is 1.00. The van der Waals surface area contributed by atoms with Crippen molar-refractivity contribution in [3.63, 3.8) is 0 Å². The molecule has 2 atom stereocenters. The van der Waals surface area contributed by atoms with Crippen LogP contribution in [-0.2, 0) is 18.3 Å². The Kier molecular flexibility index (Phi) is 10.4. The van der Waals surface area contributed by atoms with Crippen LogP contribution in [-0.4, -0.2) is 44.1 Å². The van der Waals surface area contributed by atoms with Crippen LogP contribution in [0.5, 0.6) is 0 Å². The number of rotatable bonds is 13. The van der Waals surface area contributed by atoms with E-state index in [4.69, 9.17) is 13.8 Å². The molecule has 0 saturated heterocycles. The molecule has 0 fully saturated rings. The molecule has 0 aromatic carbocycles. The summed E-state index contributed by atoms with van der Waals surface area (Å²) in [5.74, 6) is 0. The summed E-state index contributed by atoms with van der Waals surface area (Å²) in [7, 11) is -5.71. The van der Waals surface area contributed by atoms with Crippen LogP contribution in [0, 0.1) is 0 Å². The summed E-state index contributed by atoms with van der Waals surface area (Å²) in [5, 5.41) is 10.9. The molecule has 0 aliphatic carbocycles. The van der Waals surface area contributed by atoms with Gasteiger partial charge in [0.15, 0.2) is 6.29 Å². The van der Waals surface area contributed by atoms with E-state index in [0.29, 0.717) is 13.0 Å². The Labute approximate surface area is 143 Å². The Balaban J connectivity index is 6.09. The number of aliphatic hydroxyl groups excluding tert-OH is 1. The Morgan fingerprint density at radius 1 is 1.00 bits per heavy atom. The highest BCUT2D eigenvalue weighted by molar-refractivity contribution is 7.59. The second kappa shape index (κ2) is 10.3. The standard InChI is InChI=1S/C16H37O5PSi/c1-8-12-13-14-16(23(5,6)7,15(17)19-9-2)22(18,20-10-3)21-11-4/h15,17H,8-14H2,1-7H3. The number of ether oxygens (including phenoxy) is 1. The summed E-state index contributed by atoms with van der Waals surface area (Å²) in [5.41, 5.74) is 0. The fourth-order valence-corrected chi connectivity index (χ4v) is 10.5. The molecular weight excluding hydrogens is 331 g/mol. The first kappa shape index (κ1) is 23.3. The van der Waals surface area contributed by atoms with Crippen LogP contribution in [0.4, 0.5) is 0 Å². The van der Waals surface area contributed by atoms with Crippen LogP contribution in [0.1, 0.15) is 53.4 Å². The van der Waals surface area contributed by atoms with E-state index >= 15 is 0 Å². The summed E-state index contributed by atoms with van der Waals surface area (Å²) in [6.45, 7) is 14.8. The summed E-state index contributed by atoms with van der Waals surface area (Å²) < 4.78 is 29.7. The van der Waals surface area contributed by atoms with Crippen LogP contribution in [0.3, 0.4) is 0 Å². The quantitative estimate of drug-likeness (QED) is 0.219. The van der Waals surface area contributed by atoms with Crippen molar-refractivity contribution in [1.29, 1.82) is 0 Å². The van der Waals surface area contributed by atoms with E-state index in [1.807, 2.05) is 6.92 Å². The lowest BCUT2D eigenvalue weighted by molar-refractivity contribution is -0.112. The van der Waals surface area contributed by atoms with Crippen molar-refractivity contribution in [3.05, 3.63) is 0 Å². The number of unbranched alkanes of at least 4 members (excludes halogenated alkanes) is 2. The average molecular weight is 369 g/mol. The predicted octanol–water partition coefficient (Wildman–Crippen LogP) is 4.80. The first-order valence-electron chi connectivity index (χ1n) is 8.85. The Hall–Kier alpha value is 0.287. The largest absolute Gasteiger partial charge is 0.367 e. The molecule has 0 amide bonds. The summed E-state index contributed by atoms with van der Waals surface area (Å²) in [4.78, 5) is 0. The summed E-state index contributed by atoms with van der Waals surface area (Å²) >= 11 is 0. The first-order valence-corrected chi connectivity index (χ1v) is 13.9. The third-order valence-electron chi connectivity index (χ3n) is 4.28. The molecule has 0 aliphatic heterocycles. The van der Waals surface area contributed by atoms with Gasteiger partial charge in [-0.05, 0) is 27.2 Å². The molecule has 7 heteroatoms. The Bertz CT molecular complexity index is 362. The van der Waals surface area contributed by atoms with Gasteiger partial charge in [-0.2, -0.15) is 0 Å². The number of aliphatic hydroxyl groups is 1. The van der Waals surface area contributed by atoms with Gasteiger partial charge < -0.3 is 18.9 Å². The maximum Gasteiger partial charge on any atom is 0.339 e. The third-order valence-corrected chi connectivity index (χ3v) is 12.8. The molecule has 0 aromatic heterocycles. The SMILES string of the molecule is CCCCCC(C(O)OCC)([Si](C)(C)C)P(=O)(OCC)OCC. The monoisotopic (exact) mass is 368 g/mol. The molecule has 140 valence electrons. The van der Waals surface area contributed by atoms with Crippen molar-refractivity contribution in [3.8, 4) is 0 Å². The van der Waals surface area contributed by atoms with Gasteiger partial charge in [0, 0.05) is 6.61 Å². The molecule has 0 heterocycles. The van der Waals surface area contributed by atoms with Crippen LogP contribution in [0.15, 0.2) is 0 Å². The molecule has 23 heavy (non-hydrogen) atoms. The zero-order chi connectivity index (χ0) is 18.1. The zero-order valence-corrected chi connectivity index (χ0v) is 17.9. The molecule has 0 spiro atoms. The minimum Gasteiger partial charge on any atom is -0.367 e. The second-order valence-corrected chi connectivity index (χ2v) is 14.9. The van der Waals surface area contributed by atoms with Crippen LogP contribution >= 0.6 is 7.60 Å². The molecule has 0 bridgehead atoms. The van der Waals surface area contributed by atoms with Crippen LogP contribution in [0.2, 0.25) is 19.6 Å². The molecule has 1 N–H and O–H groups in total. The summed E-state index contributed by atoms with van der Waals surface area (Å²) in [6, 6.07) is 0. The minimum atomic E-state index is -3.52. The molecule has 0 aliphatic rings. The van der Waals surface area contributed by atoms with Crippen molar-refractivity contribution in [1.82, 2.24) is 0 Å². The fourth-order valence-electron chi connectivity index (χ4n) is 3.10. The van der Waals surface area contributed by atoms with Crippen LogP contribution in [0.25, 0.3) is 0 Å². The van der Waals surface area contributed by atoms with Gasteiger partial charge in [-0.3, -0.25) is 4.57 Å². The third kappa shape index (κ3) is 5.38. The van der Waals surface area contributed by atoms with E-state index in [9.17, 15) is 9.67 Å². The maximum absolute atomic E-state index is 13.7. The average Bonchev–Trinajstić information content (AvgIpc) is 2.42. The highest BCUT2D eigenvalue weighted by Gasteiger charge is 2.63. The highest BCUT2D eigenvalue weighted by atomic mass is 31.2. The molecule has 5 nitrogen and oxygen atoms in total. The Morgan fingerprint density at radius 2 is 1.52 bits per heavy atom. The molecule has 2 unspecified atom stereocenters. The van der Waals surface area contributed by atoms with E-state index in [-0.39, 0.29) is 13.2 Å². The molecule has 0 saturated carbocycles. The lowest BCUT2D eigenvalue weighted by Gasteiger charge is -2.49. The Morgan fingerprint density at radius 3 is 1.87 bits per heavy atom. The number of hydrogen-bond donors (Lipinski definition) is 1. The van der Waals surface area contributed by atoms with Gasteiger partial charge >= 0.3 is 7.60 Å². The molecule has 0 aromatic rings. The van der Waals surface area contributed by atoms with E-state index in [1.54, 1.807) is 13.8 Å². The second-order valence-electron chi connectivity index (χ2n) is 6.77. The summed E-state index contributed by atoms with van der Waals surface area (Å²) in [6.07, 6.45) is 2.40. The van der Waals surface area contributed by atoms with E-state index < -0.39 is 26.7 Å². The van der Waals surface area contributed by atoms with Gasteiger partial charge in [-0.25, -0.2) is 0 Å². The predicted molar refractivity (Wildman–Crippen MR) is 98.7 cm³/mol. The normalized spacial score (nSPS) is 17.0. The lowest BCUT2D eigenvalue weighted by atomic mass is 10.1. The molecule has 0 radical (unpaired) electrons. The van der Waals surface area contributed by atoms with Crippen molar-refractivity contribution in [2.24, 2.45) is 0 Å². The van der Waals surface area contributed by atoms with Crippen molar-refractivity contribution in [2.45, 2.75) is 84.1 Å². The van der Waals surface area contributed by atoms with Gasteiger partial charge in [-0.1, -0.05) is 45.8 Å². The molecule has 0 rings (SSSR count). The first-order chi connectivity index (χ1) is 10.7.